The molecule has 0 amide bonds. The van der Waals surface area contributed by atoms with Crippen LogP contribution < -0.4 is 11.2 Å². The molecule has 0 aliphatic carbocycles. The average Bonchev–Trinajstić information content (AvgIpc) is 2.60. The van der Waals surface area contributed by atoms with Gasteiger partial charge >= 0.3 is 5.69 Å². The van der Waals surface area contributed by atoms with E-state index in [4.69, 9.17) is 16.1 Å². The number of aryl methyl sites for hydroxylation is 1. The van der Waals surface area contributed by atoms with Crippen LogP contribution in [0.1, 0.15) is 11.5 Å². The Hall–Kier alpha value is -1.82. The summed E-state index contributed by atoms with van der Waals surface area (Å²) in [6.45, 7) is 1.95. The van der Waals surface area contributed by atoms with Crippen molar-refractivity contribution in [2.45, 2.75) is 13.5 Å². The highest BCUT2D eigenvalue weighted by molar-refractivity contribution is 6.30. The van der Waals surface area contributed by atoms with Crippen LogP contribution in [-0.2, 0) is 6.54 Å². The number of hydrogen-bond acceptors (Lipinski definition) is 4. The molecule has 0 saturated heterocycles. The molecule has 0 aromatic carbocycles. The molecule has 0 bridgehead atoms. The maximum absolute atomic E-state index is 11.4. The van der Waals surface area contributed by atoms with Gasteiger partial charge in [0.25, 0.3) is 5.56 Å². The minimum atomic E-state index is -0.598. The van der Waals surface area contributed by atoms with Crippen LogP contribution in [-0.4, -0.2) is 14.7 Å². The van der Waals surface area contributed by atoms with Gasteiger partial charge in [0.2, 0.25) is 0 Å². The lowest BCUT2D eigenvalue weighted by Crippen LogP contribution is -2.30. The standard InChI is InChI=1S/C9H8ClN3O3/c1-5-2-6(12-16-5)3-13-4-7(10)8(14)11-9(13)15/h2,4H,3H2,1H3,(H,11,14,15). The lowest BCUT2D eigenvalue weighted by atomic mass is 10.4. The molecule has 84 valence electrons. The average molecular weight is 242 g/mol. The predicted octanol–water partition coefficient (Wildman–Crippen LogP) is 0.535. The molecule has 2 aromatic heterocycles. The minimum Gasteiger partial charge on any atom is -0.361 e. The maximum Gasteiger partial charge on any atom is 0.328 e. The van der Waals surface area contributed by atoms with Gasteiger partial charge < -0.3 is 4.52 Å². The molecule has 0 radical (unpaired) electrons. The molecule has 2 aromatic rings. The van der Waals surface area contributed by atoms with Crippen LogP contribution in [0.3, 0.4) is 0 Å². The number of H-pyrrole nitrogens is 1. The van der Waals surface area contributed by atoms with Gasteiger partial charge in [-0.25, -0.2) is 4.79 Å². The first-order chi connectivity index (χ1) is 7.56. The van der Waals surface area contributed by atoms with Gasteiger partial charge in [-0.1, -0.05) is 16.8 Å². The molecule has 0 spiro atoms. The number of rotatable bonds is 2. The monoisotopic (exact) mass is 241 g/mol. The molecule has 2 heterocycles. The van der Waals surface area contributed by atoms with Gasteiger partial charge in [-0.2, -0.15) is 0 Å². The van der Waals surface area contributed by atoms with E-state index in [-0.39, 0.29) is 11.6 Å². The van der Waals surface area contributed by atoms with Crippen LogP contribution in [0.5, 0.6) is 0 Å². The molecule has 0 aliphatic heterocycles. The van der Waals surface area contributed by atoms with Gasteiger partial charge in [0, 0.05) is 12.3 Å². The van der Waals surface area contributed by atoms with Crippen molar-refractivity contribution < 1.29 is 4.52 Å². The van der Waals surface area contributed by atoms with Gasteiger partial charge in [0.05, 0.1) is 6.54 Å². The van der Waals surface area contributed by atoms with Gasteiger partial charge in [-0.3, -0.25) is 14.3 Å². The van der Waals surface area contributed by atoms with Crippen molar-refractivity contribution in [3.63, 3.8) is 0 Å². The molecule has 0 aliphatic rings. The predicted molar refractivity (Wildman–Crippen MR) is 56.7 cm³/mol. The lowest BCUT2D eigenvalue weighted by Gasteiger charge is -2.01. The molecule has 2 rings (SSSR count). The number of aromatic amines is 1. The van der Waals surface area contributed by atoms with E-state index < -0.39 is 11.2 Å². The Morgan fingerprint density at radius 2 is 2.31 bits per heavy atom. The zero-order valence-electron chi connectivity index (χ0n) is 8.36. The minimum absolute atomic E-state index is 0.0418. The summed E-state index contributed by atoms with van der Waals surface area (Å²) in [6, 6.07) is 1.70. The van der Waals surface area contributed by atoms with E-state index >= 15 is 0 Å². The Labute approximate surface area is 94.5 Å². The summed E-state index contributed by atoms with van der Waals surface area (Å²) in [6.07, 6.45) is 1.27. The second-order valence-electron chi connectivity index (χ2n) is 3.29. The van der Waals surface area contributed by atoms with E-state index in [1.165, 1.54) is 10.8 Å². The topological polar surface area (TPSA) is 80.9 Å². The van der Waals surface area contributed by atoms with Crippen molar-refractivity contribution in [2.75, 3.05) is 0 Å². The Bertz CT molecular complexity index is 625. The summed E-state index contributed by atoms with van der Waals surface area (Å²) in [5.41, 5.74) is -0.544. The summed E-state index contributed by atoms with van der Waals surface area (Å²) < 4.78 is 6.11. The zero-order valence-corrected chi connectivity index (χ0v) is 9.11. The number of halogens is 1. The van der Waals surface area contributed by atoms with Crippen molar-refractivity contribution in [2.24, 2.45) is 0 Å². The normalized spacial score (nSPS) is 10.6. The first-order valence-electron chi connectivity index (χ1n) is 4.48. The highest BCUT2D eigenvalue weighted by Gasteiger charge is 2.05. The second-order valence-corrected chi connectivity index (χ2v) is 3.70. The van der Waals surface area contributed by atoms with Gasteiger partial charge in [-0.15, -0.1) is 0 Å². The van der Waals surface area contributed by atoms with Crippen LogP contribution >= 0.6 is 11.6 Å². The van der Waals surface area contributed by atoms with Gasteiger partial charge in [0.1, 0.15) is 16.5 Å². The number of aromatic nitrogens is 3. The molecule has 7 heteroatoms. The summed E-state index contributed by atoms with van der Waals surface area (Å²) in [5, 5.41) is 3.69. The van der Waals surface area contributed by atoms with E-state index in [1.54, 1.807) is 13.0 Å². The van der Waals surface area contributed by atoms with Gasteiger partial charge in [-0.05, 0) is 6.92 Å². The third kappa shape index (κ3) is 2.06. The molecule has 6 nitrogen and oxygen atoms in total. The van der Waals surface area contributed by atoms with Crippen LogP contribution in [0.15, 0.2) is 26.4 Å². The SMILES string of the molecule is Cc1cc(Cn2cc(Cl)c(=O)[nH]c2=O)no1. The van der Waals surface area contributed by atoms with Crippen molar-refractivity contribution >= 4 is 11.6 Å². The van der Waals surface area contributed by atoms with E-state index in [0.717, 1.165) is 0 Å². The summed E-state index contributed by atoms with van der Waals surface area (Å²) >= 11 is 5.61. The van der Waals surface area contributed by atoms with Crippen LogP contribution in [0.25, 0.3) is 0 Å². The van der Waals surface area contributed by atoms with Crippen LogP contribution in [0, 0.1) is 6.92 Å². The van der Waals surface area contributed by atoms with E-state index in [0.29, 0.717) is 11.5 Å². The number of hydrogen-bond donors (Lipinski definition) is 1. The summed E-state index contributed by atoms with van der Waals surface area (Å²) in [7, 11) is 0. The number of nitrogens with one attached hydrogen (secondary N) is 1. The molecule has 0 unspecified atom stereocenters. The highest BCUT2D eigenvalue weighted by atomic mass is 35.5. The fourth-order valence-electron chi connectivity index (χ4n) is 1.27. The number of nitrogens with zero attached hydrogens (tertiary/aromatic N) is 2. The highest BCUT2D eigenvalue weighted by Crippen LogP contribution is 2.03. The quantitative estimate of drug-likeness (QED) is 0.832. The first-order valence-corrected chi connectivity index (χ1v) is 4.85. The molecule has 0 saturated carbocycles. The fraction of sp³-hybridized carbons (Fsp3) is 0.222. The van der Waals surface area contributed by atoms with Crippen molar-refractivity contribution in [3.8, 4) is 0 Å². The Morgan fingerprint density at radius 1 is 1.56 bits per heavy atom. The molecule has 1 N–H and O–H groups in total. The van der Waals surface area contributed by atoms with Gasteiger partial charge in [0.15, 0.2) is 0 Å². The summed E-state index contributed by atoms with van der Waals surface area (Å²) in [5.74, 6) is 0.651. The van der Waals surface area contributed by atoms with Crippen LogP contribution in [0.4, 0.5) is 0 Å². The molecular formula is C9H8ClN3O3. The van der Waals surface area contributed by atoms with Crippen molar-refractivity contribution in [1.82, 2.24) is 14.7 Å². The van der Waals surface area contributed by atoms with E-state index in [1.807, 2.05) is 0 Å². The van der Waals surface area contributed by atoms with E-state index in [9.17, 15) is 9.59 Å². The zero-order chi connectivity index (χ0) is 11.7. The van der Waals surface area contributed by atoms with Crippen molar-refractivity contribution in [1.29, 1.82) is 0 Å². The third-order valence-electron chi connectivity index (χ3n) is 1.98. The smallest absolute Gasteiger partial charge is 0.328 e. The Morgan fingerprint density at radius 3 is 2.94 bits per heavy atom. The fourth-order valence-corrected chi connectivity index (χ4v) is 1.43. The Kier molecular flexibility index (Phi) is 2.66. The molecular weight excluding hydrogens is 234 g/mol. The maximum atomic E-state index is 11.4. The third-order valence-corrected chi connectivity index (χ3v) is 2.25. The first kappa shape index (κ1) is 10.7. The Balaban J connectivity index is 2.39. The molecule has 0 atom stereocenters. The van der Waals surface area contributed by atoms with Crippen molar-refractivity contribution in [3.05, 3.63) is 49.6 Å². The summed E-state index contributed by atoms with van der Waals surface area (Å²) in [4.78, 5) is 24.5. The molecule has 16 heavy (non-hydrogen) atoms. The molecule has 0 fully saturated rings. The van der Waals surface area contributed by atoms with Crippen LogP contribution in [0.2, 0.25) is 5.02 Å². The lowest BCUT2D eigenvalue weighted by molar-refractivity contribution is 0.388. The largest absolute Gasteiger partial charge is 0.361 e. The van der Waals surface area contributed by atoms with E-state index in [2.05, 4.69) is 10.1 Å². The second kappa shape index (κ2) is 3.97.